The van der Waals surface area contributed by atoms with Crippen molar-refractivity contribution in [3.8, 4) is 17.2 Å². The molecule has 0 atom stereocenters. The van der Waals surface area contributed by atoms with Gasteiger partial charge >= 0.3 is 6.03 Å². The number of aryl methyl sites for hydroxylation is 2. The first kappa shape index (κ1) is 33.0. The van der Waals surface area contributed by atoms with E-state index in [1.54, 1.807) is 30.4 Å². The summed E-state index contributed by atoms with van der Waals surface area (Å²) in [7, 11) is 1.64. The minimum absolute atomic E-state index is 0.234. The number of amides is 2. The smallest absolute Gasteiger partial charge is 0.324 e. The maximum absolute atomic E-state index is 13.5. The second-order valence-electron chi connectivity index (χ2n) is 12.7. The van der Waals surface area contributed by atoms with E-state index in [4.69, 9.17) is 14.6 Å². The first-order chi connectivity index (χ1) is 23.6. The van der Waals surface area contributed by atoms with Crippen LogP contribution in [0.5, 0.6) is 11.5 Å². The first-order valence-electron chi connectivity index (χ1n) is 16.1. The Morgan fingerprint density at radius 1 is 0.898 bits per heavy atom. The molecule has 0 spiro atoms. The van der Waals surface area contributed by atoms with Crippen molar-refractivity contribution < 1.29 is 14.3 Å². The van der Waals surface area contributed by atoms with Gasteiger partial charge in [0.25, 0.3) is 0 Å². The number of fused-ring (bicyclic) bond motifs is 1. The van der Waals surface area contributed by atoms with Crippen molar-refractivity contribution in [2.45, 2.75) is 53.1 Å². The van der Waals surface area contributed by atoms with Gasteiger partial charge in [-0.3, -0.25) is 10.3 Å². The summed E-state index contributed by atoms with van der Waals surface area (Å²) in [6.45, 7) is 10.6. The molecule has 0 aliphatic rings. The highest BCUT2D eigenvalue weighted by atomic mass is 16.5. The van der Waals surface area contributed by atoms with Crippen molar-refractivity contribution in [3.63, 3.8) is 0 Å². The summed E-state index contributed by atoms with van der Waals surface area (Å²) in [5.74, 6) is 3.25. The molecule has 0 radical (unpaired) electrons. The van der Waals surface area contributed by atoms with Gasteiger partial charge in [0.2, 0.25) is 0 Å². The molecule has 3 heterocycles. The van der Waals surface area contributed by atoms with Crippen LogP contribution in [0.15, 0.2) is 91.4 Å². The number of pyridine rings is 1. The van der Waals surface area contributed by atoms with E-state index in [-0.39, 0.29) is 5.41 Å². The van der Waals surface area contributed by atoms with Gasteiger partial charge in [-0.25, -0.2) is 19.4 Å². The fourth-order valence-corrected chi connectivity index (χ4v) is 5.31. The second-order valence-corrected chi connectivity index (χ2v) is 12.7. The van der Waals surface area contributed by atoms with Gasteiger partial charge in [0.15, 0.2) is 0 Å². The predicted molar refractivity (Wildman–Crippen MR) is 193 cm³/mol. The number of hydrogen-bond donors (Lipinski definition) is 3. The Morgan fingerprint density at radius 3 is 2.49 bits per heavy atom. The molecule has 0 fully saturated rings. The molecule has 0 bridgehead atoms. The zero-order valence-electron chi connectivity index (χ0n) is 28.5. The lowest BCUT2D eigenvalue weighted by molar-refractivity contribution is 0.262. The fraction of sp³-hybridized carbons (Fsp3) is 0.237. The largest absolute Gasteiger partial charge is 0.496 e. The summed E-state index contributed by atoms with van der Waals surface area (Å²) >= 11 is 0. The second kappa shape index (κ2) is 14.0. The minimum atomic E-state index is -0.398. The summed E-state index contributed by atoms with van der Waals surface area (Å²) in [6, 6.07) is 22.7. The molecule has 0 unspecified atom stereocenters. The molecule has 0 aliphatic heterocycles. The Kier molecular flexibility index (Phi) is 9.43. The number of ether oxygens (including phenoxy) is 2. The Hall–Kier alpha value is -5.97. The molecular weight excluding hydrogens is 616 g/mol. The third-order valence-corrected chi connectivity index (χ3v) is 8.01. The van der Waals surface area contributed by atoms with Crippen LogP contribution >= 0.6 is 0 Å². The highest BCUT2D eigenvalue weighted by molar-refractivity contribution is 6.07. The van der Waals surface area contributed by atoms with Gasteiger partial charge in [-0.1, -0.05) is 58.0 Å². The van der Waals surface area contributed by atoms with Crippen LogP contribution in [-0.4, -0.2) is 37.9 Å². The molecule has 0 aliphatic carbocycles. The molecule has 2 amide bonds. The highest BCUT2D eigenvalue weighted by Crippen LogP contribution is 2.33. The van der Waals surface area contributed by atoms with Crippen molar-refractivity contribution in [3.05, 3.63) is 114 Å². The van der Waals surface area contributed by atoms with Gasteiger partial charge < -0.3 is 20.1 Å². The molecule has 6 rings (SSSR count). The first-order valence-corrected chi connectivity index (χ1v) is 16.1. The van der Waals surface area contributed by atoms with Gasteiger partial charge in [-0.15, -0.1) is 0 Å². The van der Waals surface area contributed by atoms with Crippen molar-refractivity contribution >= 4 is 39.9 Å². The predicted octanol–water partition coefficient (Wildman–Crippen LogP) is 8.35. The van der Waals surface area contributed by atoms with E-state index in [2.05, 4.69) is 51.7 Å². The number of aromatic nitrogens is 5. The SMILES string of the molecule is CCc1cncc(Nc2cc(COc3ccc(NC(=O)Nc4cc(C(C)(C)C)nn4-c4ccc(C)c(OC)c4)c4ccccc34)ccn2)n1. The minimum Gasteiger partial charge on any atom is -0.496 e. The zero-order valence-corrected chi connectivity index (χ0v) is 28.5. The Morgan fingerprint density at radius 2 is 1.71 bits per heavy atom. The van der Waals surface area contributed by atoms with E-state index in [0.29, 0.717) is 35.5 Å². The van der Waals surface area contributed by atoms with E-state index in [1.165, 1.54) is 0 Å². The quantitative estimate of drug-likeness (QED) is 0.134. The number of anilines is 4. The standard InChI is InChI=1S/C38H40N8O3/c1-7-26-21-39-22-35(41-26)43-34-18-25(16-17-40-34)23-49-31-15-14-30(28-10-8-9-11-29(28)31)42-37(47)44-36-20-33(38(3,4)5)45-46(36)27-13-12-24(2)32(19-27)48-6/h8-22H,7,23H2,1-6H3,(H,40,41,43)(H2,42,44,47). The lowest BCUT2D eigenvalue weighted by Crippen LogP contribution is -2.21. The van der Waals surface area contributed by atoms with Crippen molar-refractivity contribution in [1.29, 1.82) is 0 Å². The molecule has 0 saturated carbocycles. The fourth-order valence-electron chi connectivity index (χ4n) is 5.31. The summed E-state index contributed by atoms with van der Waals surface area (Å²) in [6.07, 6.45) is 5.95. The summed E-state index contributed by atoms with van der Waals surface area (Å²) < 4.78 is 13.6. The zero-order chi connectivity index (χ0) is 34.5. The number of hydrogen-bond acceptors (Lipinski definition) is 8. The molecule has 3 aromatic heterocycles. The van der Waals surface area contributed by atoms with Crippen molar-refractivity contribution in [1.82, 2.24) is 24.7 Å². The van der Waals surface area contributed by atoms with Crippen molar-refractivity contribution in [2.75, 3.05) is 23.1 Å². The molecule has 11 heteroatoms. The van der Waals surface area contributed by atoms with Crippen LogP contribution in [0.2, 0.25) is 0 Å². The maximum Gasteiger partial charge on any atom is 0.324 e. The van der Waals surface area contributed by atoms with Gasteiger partial charge in [-0.05, 0) is 54.8 Å². The summed E-state index contributed by atoms with van der Waals surface area (Å²) in [5.41, 5.74) is 4.86. The van der Waals surface area contributed by atoms with Gasteiger partial charge in [0.1, 0.15) is 35.6 Å². The molecule has 250 valence electrons. The Bertz CT molecular complexity index is 2120. The Labute approximate surface area is 285 Å². The van der Waals surface area contributed by atoms with Crippen LogP contribution in [0.3, 0.4) is 0 Å². The van der Waals surface area contributed by atoms with E-state index < -0.39 is 6.03 Å². The molecule has 6 aromatic rings. The van der Waals surface area contributed by atoms with Gasteiger partial charge in [-0.2, -0.15) is 5.10 Å². The molecule has 3 N–H and O–H groups in total. The van der Waals surface area contributed by atoms with Crippen LogP contribution in [0.25, 0.3) is 16.5 Å². The van der Waals surface area contributed by atoms with E-state index in [0.717, 1.165) is 51.1 Å². The summed E-state index contributed by atoms with van der Waals surface area (Å²) in [4.78, 5) is 26.7. The number of nitrogens with one attached hydrogen (secondary N) is 3. The van der Waals surface area contributed by atoms with E-state index in [9.17, 15) is 4.79 Å². The average Bonchev–Trinajstić information content (AvgIpc) is 3.52. The summed E-state index contributed by atoms with van der Waals surface area (Å²) in [5, 5.41) is 15.8. The lowest BCUT2D eigenvalue weighted by Gasteiger charge is -2.15. The van der Waals surface area contributed by atoms with Crippen LogP contribution in [0, 0.1) is 6.92 Å². The van der Waals surface area contributed by atoms with Crippen LogP contribution in [0.1, 0.15) is 50.2 Å². The number of urea groups is 1. The van der Waals surface area contributed by atoms with E-state index in [1.807, 2.05) is 86.6 Å². The normalized spacial score (nSPS) is 11.3. The van der Waals surface area contributed by atoms with E-state index >= 15 is 0 Å². The third-order valence-electron chi connectivity index (χ3n) is 8.01. The number of methoxy groups -OCH3 is 1. The van der Waals surface area contributed by atoms with Crippen LogP contribution in [0.4, 0.5) is 27.9 Å². The van der Waals surface area contributed by atoms with Gasteiger partial charge in [0, 0.05) is 40.7 Å². The molecule has 3 aromatic carbocycles. The van der Waals surface area contributed by atoms with Gasteiger partial charge in [0.05, 0.1) is 36.1 Å². The molecule has 11 nitrogen and oxygen atoms in total. The Balaban J connectivity index is 1.19. The molecule has 0 saturated heterocycles. The number of carbonyl (C=O) groups excluding carboxylic acids is 1. The van der Waals surface area contributed by atoms with Crippen LogP contribution in [-0.2, 0) is 18.4 Å². The third kappa shape index (κ3) is 7.62. The lowest BCUT2D eigenvalue weighted by atomic mass is 9.92. The highest BCUT2D eigenvalue weighted by Gasteiger charge is 2.22. The number of rotatable bonds is 10. The van der Waals surface area contributed by atoms with Crippen LogP contribution < -0.4 is 25.4 Å². The average molecular weight is 657 g/mol. The number of carbonyl (C=O) groups is 1. The monoisotopic (exact) mass is 656 g/mol. The van der Waals surface area contributed by atoms with Crippen molar-refractivity contribution in [2.24, 2.45) is 0 Å². The number of benzene rings is 3. The molecular formula is C38H40N8O3. The topological polar surface area (TPSA) is 128 Å². The maximum atomic E-state index is 13.5. The number of nitrogens with zero attached hydrogens (tertiary/aromatic N) is 5. The molecule has 49 heavy (non-hydrogen) atoms.